The van der Waals surface area contributed by atoms with Crippen molar-refractivity contribution in [3.8, 4) is 22.5 Å². The van der Waals surface area contributed by atoms with E-state index in [9.17, 15) is 31.5 Å². The second kappa shape index (κ2) is 11.1. The van der Waals surface area contributed by atoms with Gasteiger partial charge in [0.25, 0.3) is 11.8 Å². The predicted molar refractivity (Wildman–Crippen MR) is 149 cm³/mol. The maximum Gasteiger partial charge on any atom is 0.389 e. The van der Waals surface area contributed by atoms with E-state index < -0.39 is 42.5 Å². The van der Waals surface area contributed by atoms with Gasteiger partial charge >= 0.3 is 6.18 Å². The number of hydrogen-bond acceptors (Lipinski definition) is 4. The lowest BCUT2D eigenvalue weighted by atomic mass is 9.63. The fourth-order valence-electron chi connectivity index (χ4n) is 6.22. The zero-order chi connectivity index (χ0) is 30.5. The highest BCUT2D eigenvalue weighted by Crippen LogP contribution is 2.45. The van der Waals surface area contributed by atoms with Crippen molar-refractivity contribution in [1.29, 1.82) is 0 Å². The Kier molecular flexibility index (Phi) is 7.43. The number of aryl methyl sites for hydroxylation is 1. The van der Waals surface area contributed by atoms with Crippen molar-refractivity contribution in [3.63, 3.8) is 0 Å². The number of nitrogens with one attached hydrogen (secondary N) is 2. The van der Waals surface area contributed by atoms with Gasteiger partial charge in [-0.2, -0.15) is 13.2 Å². The maximum atomic E-state index is 15.0. The zero-order valence-corrected chi connectivity index (χ0v) is 23.2. The number of rotatable bonds is 7. The van der Waals surface area contributed by atoms with Crippen molar-refractivity contribution in [2.45, 2.75) is 50.7 Å². The van der Waals surface area contributed by atoms with Crippen molar-refractivity contribution in [1.82, 2.24) is 15.6 Å². The van der Waals surface area contributed by atoms with Gasteiger partial charge in [-0.1, -0.05) is 6.07 Å². The van der Waals surface area contributed by atoms with Crippen LogP contribution >= 0.6 is 0 Å². The van der Waals surface area contributed by atoms with E-state index in [2.05, 4.69) is 15.6 Å². The number of fused-ring (bicyclic) bond motifs is 3. The molecule has 4 aromatic rings. The monoisotopic (exact) mass is 597 g/mol. The minimum Gasteiger partial charge on any atom is -0.437 e. The quantitative estimate of drug-likeness (QED) is 0.221. The first kappa shape index (κ1) is 28.8. The zero-order valence-electron chi connectivity index (χ0n) is 23.2. The van der Waals surface area contributed by atoms with Crippen LogP contribution in [0.1, 0.15) is 58.5 Å². The van der Waals surface area contributed by atoms with Gasteiger partial charge in [0, 0.05) is 30.6 Å². The molecule has 0 aliphatic heterocycles. The highest BCUT2D eigenvalue weighted by atomic mass is 19.4. The molecule has 3 fully saturated rings. The summed E-state index contributed by atoms with van der Waals surface area (Å²) in [6.45, 7) is 0. The number of benzene rings is 2. The summed E-state index contributed by atoms with van der Waals surface area (Å²) >= 11 is 0. The Morgan fingerprint density at radius 1 is 0.977 bits per heavy atom. The van der Waals surface area contributed by atoms with Gasteiger partial charge in [0.1, 0.15) is 17.4 Å². The first-order valence-electron chi connectivity index (χ1n) is 14.1. The van der Waals surface area contributed by atoms with Gasteiger partial charge in [-0.15, -0.1) is 0 Å². The lowest BCUT2D eigenvalue weighted by molar-refractivity contribution is -0.134. The Bertz CT molecular complexity index is 1710. The van der Waals surface area contributed by atoms with Crippen LogP contribution in [0.5, 0.6) is 0 Å². The molecule has 0 saturated heterocycles. The molecule has 43 heavy (non-hydrogen) atoms. The molecule has 2 N–H and O–H groups in total. The molecule has 1 unspecified atom stereocenters. The molecular formula is C32H28F5N3O3. The Morgan fingerprint density at radius 2 is 1.70 bits per heavy atom. The summed E-state index contributed by atoms with van der Waals surface area (Å²) in [6.07, 6.45) is -2.29. The van der Waals surface area contributed by atoms with E-state index in [-0.39, 0.29) is 50.8 Å². The van der Waals surface area contributed by atoms with E-state index in [1.807, 2.05) is 0 Å². The smallest absolute Gasteiger partial charge is 0.389 e. The Hall–Kier alpha value is -4.28. The average Bonchev–Trinajstić information content (AvgIpc) is 3.33. The number of furan rings is 1. The van der Waals surface area contributed by atoms with Crippen LogP contribution in [0.25, 0.3) is 33.6 Å². The number of hydrogen-bond donors (Lipinski definition) is 2. The molecule has 3 aliphatic rings. The molecule has 224 valence electrons. The highest BCUT2D eigenvalue weighted by Gasteiger charge is 2.40. The van der Waals surface area contributed by atoms with Crippen LogP contribution in [-0.2, 0) is 6.42 Å². The summed E-state index contributed by atoms with van der Waals surface area (Å²) < 4.78 is 74.4. The third kappa shape index (κ3) is 5.72. The second-order valence-corrected chi connectivity index (χ2v) is 11.3. The number of alkyl halides is 3. The molecule has 2 aromatic carbocycles. The van der Waals surface area contributed by atoms with Gasteiger partial charge in [0.05, 0.1) is 22.2 Å². The van der Waals surface area contributed by atoms with Gasteiger partial charge < -0.3 is 15.1 Å². The fourth-order valence-corrected chi connectivity index (χ4v) is 6.22. The first-order valence-corrected chi connectivity index (χ1v) is 14.1. The van der Waals surface area contributed by atoms with Crippen LogP contribution in [0.2, 0.25) is 0 Å². The molecule has 2 amide bonds. The number of pyridine rings is 1. The molecule has 0 spiro atoms. The first-order chi connectivity index (χ1) is 20.5. The van der Waals surface area contributed by atoms with Crippen LogP contribution in [0.15, 0.2) is 52.9 Å². The molecule has 2 bridgehead atoms. The molecule has 0 radical (unpaired) electrons. The van der Waals surface area contributed by atoms with E-state index in [0.29, 0.717) is 17.4 Å². The molecule has 3 saturated carbocycles. The topological polar surface area (TPSA) is 84.2 Å². The third-order valence-corrected chi connectivity index (χ3v) is 8.53. The number of amides is 2. The van der Waals surface area contributed by atoms with Gasteiger partial charge in [-0.05, 0) is 92.0 Å². The van der Waals surface area contributed by atoms with Crippen molar-refractivity contribution in [2.75, 3.05) is 7.05 Å². The fraction of sp³-hybridized carbons (Fsp3) is 0.344. The molecule has 2 heterocycles. The molecule has 6 nitrogen and oxygen atoms in total. The molecule has 11 heteroatoms. The number of carbonyl (C=O) groups excluding carboxylic acids is 2. The second-order valence-electron chi connectivity index (χ2n) is 11.3. The van der Waals surface area contributed by atoms with Crippen molar-refractivity contribution in [3.05, 3.63) is 77.0 Å². The van der Waals surface area contributed by atoms with E-state index >= 15 is 0 Å². The maximum absolute atomic E-state index is 15.0. The highest BCUT2D eigenvalue weighted by molar-refractivity contribution is 6.11. The summed E-state index contributed by atoms with van der Waals surface area (Å²) in [5, 5.41) is 5.67. The largest absolute Gasteiger partial charge is 0.437 e. The van der Waals surface area contributed by atoms with E-state index in [0.717, 1.165) is 31.7 Å². The van der Waals surface area contributed by atoms with Crippen LogP contribution in [0.3, 0.4) is 0 Å². The van der Waals surface area contributed by atoms with Crippen molar-refractivity contribution in [2.24, 2.45) is 11.8 Å². The van der Waals surface area contributed by atoms with E-state index in [1.54, 1.807) is 0 Å². The number of aromatic nitrogens is 1. The van der Waals surface area contributed by atoms with E-state index in [1.165, 1.54) is 49.5 Å². The third-order valence-electron chi connectivity index (χ3n) is 8.53. The lowest BCUT2D eigenvalue weighted by Crippen LogP contribution is -2.49. The summed E-state index contributed by atoms with van der Waals surface area (Å²) in [6, 6.07) is 10.4. The molecule has 7 rings (SSSR count). The van der Waals surface area contributed by atoms with Crippen LogP contribution in [-0.4, -0.2) is 36.1 Å². The average molecular weight is 598 g/mol. The molecule has 3 aliphatic carbocycles. The molecular weight excluding hydrogens is 569 g/mol. The van der Waals surface area contributed by atoms with Gasteiger partial charge in [0.2, 0.25) is 5.71 Å². The SMILES string of the molecule is CNC(=O)c1c(-c2ccc(F)cc2)oc2nc(CCC(F)(F)F)c(-c3ccc(F)c(C(=O)NC4CCC5CC4C5)c3)cc12. The minimum atomic E-state index is -4.49. The predicted octanol–water partition coefficient (Wildman–Crippen LogP) is 7.21. The number of nitrogens with zero attached hydrogens (tertiary/aromatic N) is 1. The van der Waals surface area contributed by atoms with Gasteiger partial charge in [-0.25, -0.2) is 13.8 Å². The summed E-state index contributed by atoms with van der Waals surface area (Å²) in [5.74, 6) is -1.29. The Balaban J connectivity index is 1.46. The van der Waals surface area contributed by atoms with Gasteiger partial charge in [-0.3, -0.25) is 9.59 Å². The number of carbonyl (C=O) groups is 2. The van der Waals surface area contributed by atoms with E-state index in [4.69, 9.17) is 4.42 Å². The van der Waals surface area contributed by atoms with Crippen molar-refractivity contribution >= 4 is 22.9 Å². The standard InChI is InChI=1S/C32H28F5N3O3/c1-38-30(42)27-23-15-21(18-5-8-24(34)22(14-18)29(41)39-25-9-2-16-12-19(25)13-16)26(10-11-32(35,36)37)40-31(23)43-28(27)17-3-6-20(33)7-4-17/h3-8,14-16,19,25H,2,9-13H2,1H3,(H,38,42)(H,39,41). The summed E-state index contributed by atoms with van der Waals surface area (Å²) in [5.41, 5.74) is 0.550. The normalized spacial score (nSPS) is 19.6. The van der Waals surface area contributed by atoms with Crippen LogP contribution in [0.4, 0.5) is 22.0 Å². The molecule has 2 aromatic heterocycles. The lowest BCUT2D eigenvalue weighted by Gasteiger charge is -2.46. The summed E-state index contributed by atoms with van der Waals surface area (Å²) in [4.78, 5) is 30.6. The van der Waals surface area contributed by atoms with Crippen LogP contribution < -0.4 is 10.6 Å². The Morgan fingerprint density at radius 3 is 2.35 bits per heavy atom. The van der Waals surface area contributed by atoms with Crippen molar-refractivity contribution < 1.29 is 36.0 Å². The summed E-state index contributed by atoms with van der Waals surface area (Å²) in [7, 11) is 1.41. The minimum absolute atomic E-state index is 0.00144. The van der Waals surface area contributed by atoms with Gasteiger partial charge in [0.15, 0.2) is 0 Å². The van der Waals surface area contributed by atoms with Crippen LogP contribution in [0, 0.1) is 23.5 Å². The molecule has 1 atom stereocenters. The Labute approximate surface area is 243 Å². The number of halogens is 5.